The summed E-state index contributed by atoms with van der Waals surface area (Å²) in [5.74, 6) is -0.882. The highest BCUT2D eigenvalue weighted by atomic mass is 35.5. The first kappa shape index (κ1) is 25.0. The number of carbonyl (C=O) groups is 2. The van der Waals surface area contributed by atoms with Crippen LogP contribution in [0.1, 0.15) is 26.3 Å². The van der Waals surface area contributed by atoms with Crippen LogP contribution in [-0.4, -0.2) is 20.2 Å². The van der Waals surface area contributed by atoms with Crippen molar-refractivity contribution in [3.8, 4) is 0 Å². The lowest BCUT2D eigenvalue weighted by Gasteiger charge is -2.13. The van der Waals surface area contributed by atoms with E-state index in [1.165, 1.54) is 30.3 Å². The maximum absolute atomic E-state index is 12.9. The van der Waals surface area contributed by atoms with E-state index >= 15 is 0 Å². The highest BCUT2D eigenvalue weighted by molar-refractivity contribution is 7.92. The number of hydrogen-bond acceptors (Lipinski definition) is 4. The summed E-state index contributed by atoms with van der Waals surface area (Å²) in [4.78, 5) is 25.8. The zero-order valence-electron chi connectivity index (χ0n) is 18.9. The normalized spacial score (nSPS) is 10.9. The molecule has 0 heterocycles. The van der Waals surface area contributed by atoms with Crippen LogP contribution in [0.5, 0.6) is 0 Å². The van der Waals surface area contributed by atoms with Gasteiger partial charge in [-0.1, -0.05) is 72.3 Å². The van der Waals surface area contributed by atoms with E-state index in [0.717, 1.165) is 5.56 Å². The van der Waals surface area contributed by atoms with Gasteiger partial charge in [0.2, 0.25) is 0 Å². The van der Waals surface area contributed by atoms with Crippen molar-refractivity contribution in [2.24, 2.45) is 0 Å². The molecule has 0 unspecified atom stereocenters. The van der Waals surface area contributed by atoms with Gasteiger partial charge in [0, 0.05) is 6.54 Å². The molecule has 0 spiro atoms. The fourth-order valence-corrected chi connectivity index (χ4v) is 4.77. The van der Waals surface area contributed by atoms with Gasteiger partial charge in [-0.05, 0) is 48.0 Å². The average molecular weight is 520 g/mol. The Morgan fingerprint density at radius 2 is 1.36 bits per heavy atom. The first-order chi connectivity index (χ1) is 17.3. The lowest BCUT2D eigenvalue weighted by atomic mass is 10.1. The van der Waals surface area contributed by atoms with Crippen LogP contribution in [0, 0.1) is 0 Å². The topological polar surface area (TPSA) is 104 Å². The summed E-state index contributed by atoms with van der Waals surface area (Å²) >= 11 is 6.31. The standard InChI is InChI=1S/C27H22ClN3O4S/c28-24-17-20(31-36(34,35)21-11-5-2-6-12-21)15-16-22(24)27(33)30-25-14-8-7-13-23(25)26(32)29-18-19-9-3-1-4-10-19/h1-17,31H,18H2,(H,29,32)(H,30,33). The molecule has 4 aromatic carbocycles. The third kappa shape index (κ3) is 6.10. The molecular weight excluding hydrogens is 498 g/mol. The van der Waals surface area contributed by atoms with Gasteiger partial charge in [0.15, 0.2) is 0 Å². The van der Waals surface area contributed by atoms with Crippen molar-refractivity contribution in [3.63, 3.8) is 0 Å². The van der Waals surface area contributed by atoms with E-state index in [4.69, 9.17) is 11.6 Å². The number of sulfonamides is 1. The molecule has 0 saturated carbocycles. The van der Waals surface area contributed by atoms with E-state index in [9.17, 15) is 18.0 Å². The van der Waals surface area contributed by atoms with Crippen molar-refractivity contribution in [1.29, 1.82) is 0 Å². The Bertz CT molecular complexity index is 1490. The summed E-state index contributed by atoms with van der Waals surface area (Å²) in [6, 6.07) is 28.2. The molecule has 0 aliphatic carbocycles. The first-order valence-corrected chi connectivity index (χ1v) is 12.8. The van der Waals surface area contributed by atoms with Crippen molar-refractivity contribution < 1.29 is 18.0 Å². The van der Waals surface area contributed by atoms with Crippen LogP contribution in [0.15, 0.2) is 108 Å². The van der Waals surface area contributed by atoms with Gasteiger partial charge in [-0.3, -0.25) is 14.3 Å². The Balaban J connectivity index is 1.47. The van der Waals surface area contributed by atoms with Gasteiger partial charge in [-0.25, -0.2) is 8.42 Å². The van der Waals surface area contributed by atoms with Gasteiger partial charge >= 0.3 is 0 Å². The summed E-state index contributed by atoms with van der Waals surface area (Å²) in [5.41, 5.74) is 1.89. The van der Waals surface area contributed by atoms with Crippen molar-refractivity contribution in [1.82, 2.24) is 5.32 Å². The summed E-state index contributed by atoms with van der Waals surface area (Å²) < 4.78 is 27.5. The number of para-hydroxylation sites is 1. The molecule has 2 amide bonds. The minimum atomic E-state index is -3.81. The third-order valence-corrected chi connectivity index (χ3v) is 6.95. The average Bonchev–Trinajstić information content (AvgIpc) is 2.88. The predicted molar refractivity (Wildman–Crippen MR) is 141 cm³/mol. The number of carbonyl (C=O) groups excluding carboxylic acids is 2. The number of benzene rings is 4. The quantitative estimate of drug-likeness (QED) is 0.293. The molecule has 0 atom stereocenters. The largest absolute Gasteiger partial charge is 0.348 e. The van der Waals surface area contributed by atoms with E-state index in [1.807, 2.05) is 30.3 Å². The lowest BCUT2D eigenvalue weighted by Crippen LogP contribution is -2.25. The smallest absolute Gasteiger partial charge is 0.261 e. The molecule has 3 N–H and O–H groups in total. The Morgan fingerprint density at radius 3 is 2.06 bits per heavy atom. The SMILES string of the molecule is O=C(Nc1ccccc1C(=O)NCc1ccccc1)c1ccc(NS(=O)(=O)c2ccccc2)cc1Cl. The zero-order chi connectivity index (χ0) is 25.5. The molecule has 0 radical (unpaired) electrons. The minimum Gasteiger partial charge on any atom is -0.348 e. The number of hydrogen-bond donors (Lipinski definition) is 3. The van der Waals surface area contributed by atoms with E-state index in [-0.39, 0.29) is 27.1 Å². The van der Waals surface area contributed by atoms with Crippen LogP contribution in [0.2, 0.25) is 5.02 Å². The van der Waals surface area contributed by atoms with E-state index in [1.54, 1.807) is 42.5 Å². The third-order valence-electron chi connectivity index (χ3n) is 5.24. The molecule has 0 aromatic heterocycles. The number of anilines is 2. The highest BCUT2D eigenvalue weighted by Gasteiger charge is 2.18. The summed E-state index contributed by atoms with van der Waals surface area (Å²) in [7, 11) is -3.81. The molecule has 4 rings (SSSR count). The number of amides is 2. The Labute approximate surface area is 214 Å². The van der Waals surface area contributed by atoms with Gasteiger partial charge in [-0.15, -0.1) is 0 Å². The van der Waals surface area contributed by atoms with Crippen molar-refractivity contribution in [2.75, 3.05) is 10.0 Å². The van der Waals surface area contributed by atoms with Gasteiger partial charge in [0.25, 0.3) is 21.8 Å². The number of halogens is 1. The van der Waals surface area contributed by atoms with Crippen LogP contribution in [0.4, 0.5) is 11.4 Å². The fourth-order valence-electron chi connectivity index (χ4n) is 3.43. The number of nitrogens with one attached hydrogen (secondary N) is 3. The van der Waals surface area contributed by atoms with Crippen LogP contribution in [0.25, 0.3) is 0 Å². The molecule has 182 valence electrons. The summed E-state index contributed by atoms with van der Waals surface area (Å²) in [5, 5.41) is 5.61. The Morgan fingerprint density at radius 1 is 0.722 bits per heavy atom. The van der Waals surface area contributed by atoms with Gasteiger partial charge < -0.3 is 10.6 Å². The van der Waals surface area contributed by atoms with Crippen molar-refractivity contribution in [3.05, 3.63) is 125 Å². The second-order valence-corrected chi connectivity index (χ2v) is 9.87. The summed E-state index contributed by atoms with van der Waals surface area (Å²) in [6.07, 6.45) is 0. The molecule has 36 heavy (non-hydrogen) atoms. The molecule has 0 bridgehead atoms. The molecule has 0 saturated heterocycles. The molecule has 0 aliphatic rings. The van der Waals surface area contributed by atoms with E-state index in [0.29, 0.717) is 17.8 Å². The molecule has 0 fully saturated rings. The van der Waals surface area contributed by atoms with Crippen molar-refractivity contribution in [2.45, 2.75) is 11.4 Å². The predicted octanol–water partition coefficient (Wildman–Crippen LogP) is 5.32. The molecular formula is C27H22ClN3O4S. The van der Waals surface area contributed by atoms with E-state index < -0.39 is 15.9 Å². The second kappa shape index (κ2) is 11.1. The van der Waals surface area contributed by atoms with Gasteiger partial charge in [-0.2, -0.15) is 0 Å². The van der Waals surface area contributed by atoms with Crippen LogP contribution in [-0.2, 0) is 16.6 Å². The zero-order valence-corrected chi connectivity index (χ0v) is 20.5. The van der Waals surface area contributed by atoms with Crippen LogP contribution in [0.3, 0.4) is 0 Å². The lowest BCUT2D eigenvalue weighted by molar-refractivity contribution is 0.0951. The molecule has 4 aromatic rings. The molecule has 9 heteroatoms. The van der Waals surface area contributed by atoms with E-state index in [2.05, 4.69) is 15.4 Å². The van der Waals surface area contributed by atoms with Crippen LogP contribution < -0.4 is 15.4 Å². The van der Waals surface area contributed by atoms with Crippen LogP contribution >= 0.6 is 11.6 Å². The minimum absolute atomic E-state index is 0.0479. The fraction of sp³-hybridized carbons (Fsp3) is 0.0370. The first-order valence-electron chi connectivity index (χ1n) is 10.9. The monoisotopic (exact) mass is 519 g/mol. The summed E-state index contributed by atoms with van der Waals surface area (Å²) in [6.45, 7) is 0.341. The molecule has 0 aliphatic heterocycles. The second-order valence-electron chi connectivity index (χ2n) is 7.78. The maximum atomic E-state index is 12.9. The highest BCUT2D eigenvalue weighted by Crippen LogP contribution is 2.25. The maximum Gasteiger partial charge on any atom is 0.261 e. The Kier molecular flexibility index (Phi) is 7.68. The number of rotatable bonds is 8. The Hall–Kier alpha value is -4.14. The van der Waals surface area contributed by atoms with Gasteiger partial charge in [0.05, 0.1) is 32.4 Å². The van der Waals surface area contributed by atoms with Crippen molar-refractivity contribution >= 4 is 44.8 Å². The molecule has 7 nitrogen and oxygen atoms in total. The van der Waals surface area contributed by atoms with Gasteiger partial charge in [0.1, 0.15) is 0 Å².